The third-order valence-corrected chi connectivity index (χ3v) is 3.35. The molecule has 0 bridgehead atoms. The zero-order chi connectivity index (χ0) is 16.7. The summed E-state index contributed by atoms with van der Waals surface area (Å²) in [6, 6.07) is 7.29. The highest BCUT2D eigenvalue weighted by Gasteiger charge is 2.09. The molecule has 0 spiro atoms. The highest BCUT2D eigenvalue weighted by molar-refractivity contribution is 5.43. The van der Waals surface area contributed by atoms with Crippen LogP contribution in [0.3, 0.4) is 0 Å². The quantitative estimate of drug-likeness (QED) is 0.777. The second-order valence-electron chi connectivity index (χ2n) is 5.17. The fraction of sp³-hybridized carbons (Fsp3) is 0.412. The van der Waals surface area contributed by atoms with Crippen LogP contribution in [0.2, 0.25) is 0 Å². The van der Waals surface area contributed by atoms with Crippen molar-refractivity contribution in [2.24, 2.45) is 0 Å². The monoisotopic (exact) mass is 317 g/mol. The summed E-state index contributed by atoms with van der Waals surface area (Å²) >= 11 is 0. The molecule has 0 fully saturated rings. The van der Waals surface area contributed by atoms with Gasteiger partial charge in [0.2, 0.25) is 0 Å². The minimum absolute atomic E-state index is 0.186. The number of aryl methyl sites for hydroxylation is 2. The standard InChI is InChI=1S/C17H23N3O3/c1-4-13-9-18-12(2)20-17(13)19-10-14(21)11-23-16-7-5-6-15(8-16)22-3/h5-9,14,21H,4,10-11H2,1-3H3,(H,18,19,20). The number of aliphatic hydroxyl groups is 1. The Labute approximate surface area is 136 Å². The number of aliphatic hydroxyl groups excluding tert-OH is 1. The molecule has 124 valence electrons. The van der Waals surface area contributed by atoms with Crippen molar-refractivity contribution in [3.05, 3.63) is 41.9 Å². The van der Waals surface area contributed by atoms with Gasteiger partial charge in [0.1, 0.15) is 35.9 Å². The van der Waals surface area contributed by atoms with Crippen molar-refractivity contribution in [2.45, 2.75) is 26.4 Å². The van der Waals surface area contributed by atoms with Crippen molar-refractivity contribution < 1.29 is 14.6 Å². The van der Waals surface area contributed by atoms with E-state index in [0.29, 0.717) is 18.1 Å². The van der Waals surface area contributed by atoms with Crippen molar-refractivity contribution >= 4 is 5.82 Å². The second-order valence-corrected chi connectivity index (χ2v) is 5.17. The van der Waals surface area contributed by atoms with E-state index in [4.69, 9.17) is 9.47 Å². The van der Waals surface area contributed by atoms with Crippen LogP contribution < -0.4 is 14.8 Å². The molecule has 2 rings (SSSR count). The molecule has 1 aromatic heterocycles. The molecule has 0 aliphatic rings. The van der Waals surface area contributed by atoms with Gasteiger partial charge in [-0.1, -0.05) is 13.0 Å². The Morgan fingerprint density at radius 1 is 1.30 bits per heavy atom. The number of anilines is 1. The average molecular weight is 317 g/mol. The predicted octanol–water partition coefficient (Wildman–Crippen LogP) is 2.21. The Balaban J connectivity index is 1.85. The van der Waals surface area contributed by atoms with Gasteiger partial charge in [-0.2, -0.15) is 0 Å². The Hall–Kier alpha value is -2.34. The number of hydrogen-bond donors (Lipinski definition) is 2. The van der Waals surface area contributed by atoms with Crippen LogP contribution in [-0.4, -0.2) is 41.4 Å². The topological polar surface area (TPSA) is 76.5 Å². The molecule has 0 radical (unpaired) electrons. The zero-order valence-corrected chi connectivity index (χ0v) is 13.7. The zero-order valence-electron chi connectivity index (χ0n) is 13.7. The van der Waals surface area contributed by atoms with E-state index in [1.165, 1.54) is 0 Å². The average Bonchev–Trinajstić information content (AvgIpc) is 2.58. The first-order valence-corrected chi connectivity index (χ1v) is 7.63. The molecular formula is C17H23N3O3. The van der Waals surface area contributed by atoms with Crippen LogP contribution >= 0.6 is 0 Å². The molecule has 0 amide bonds. The van der Waals surface area contributed by atoms with E-state index in [9.17, 15) is 5.11 Å². The van der Waals surface area contributed by atoms with Gasteiger partial charge in [0, 0.05) is 24.4 Å². The molecule has 6 nitrogen and oxygen atoms in total. The largest absolute Gasteiger partial charge is 0.497 e. The van der Waals surface area contributed by atoms with E-state index in [1.54, 1.807) is 13.2 Å². The van der Waals surface area contributed by atoms with Gasteiger partial charge in [0.15, 0.2) is 0 Å². The van der Waals surface area contributed by atoms with Gasteiger partial charge in [-0.3, -0.25) is 0 Å². The first-order valence-electron chi connectivity index (χ1n) is 7.63. The lowest BCUT2D eigenvalue weighted by Gasteiger charge is -2.15. The Kier molecular flexibility index (Phi) is 6.17. The van der Waals surface area contributed by atoms with E-state index in [0.717, 1.165) is 23.6 Å². The Morgan fingerprint density at radius 3 is 2.83 bits per heavy atom. The summed E-state index contributed by atoms with van der Waals surface area (Å²) < 4.78 is 10.7. The lowest BCUT2D eigenvalue weighted by atomic mass is 10.2. The number of methoxy groups -OCH3 is 1. The molecule has 0 saturated carbocycles. The molecule has 1 heterocycles. The minimum atomic E-state index is -0.652. The van der Waals surface area contributed by atoms with Crippen molar-refractivity contribution in [3.8, 4) is 11.5 Å². The highest BCUT2D eigenvalue weighted by Crippen LogP contribution is 2.19. The molecule has 0 aliphatic heterocycles. The maximum atomic E-state index is 10.1. The van der Waals surface area contributed by atoms with Gasteiger partial charge >= 0.3 is 0 Å². The summed E-state index contributed by atoms with van der Waals surface area (Å²) in [5, 5.41) is 13.2. The van der Waals surface area contributed by atoms with Gasteiger partial charge < -0.3 is 19.9 Å². The van der Waals surface area contributed by atoms with E-state index < -0.39 is 6.10 Å². The number of aromatic nitrogens is 2. The van der Waals surface area contributed by atoms with Crippen LogP contribution in [-0.2, 0) is 6.42 Å². The van der Waals surface area contributed by atoms with Crippen LogP contribution in [0.25, 0.3) is 0 Å². The van der Waals surface area contributed by atoms with Crippen molar-refractivity contribution in [1.82, 2.24) is 9.97 Å². The van der Waals surface area contributed by atoms with Crippen LogP contribution in [0.1, 0.15) is 18.3 Å². The predicted molar refractivity (Wildman–Crippen MR) is 89.1 cm³/mol. The number of rotatable bonds is 8. The normalized spacial score (nSPS) is 11.8. The molecule has 0 saturated heterocycles. The molecule has 2 N–H and O–H groups in total. The van der Waals surface area contributed by atoms with Crippen LogP contribution in [0.5, 0.6) is 11.5 Å². The minimum Gasteiger partial charge on any atom is -0.497 e. The lowest BCUT2D eigenvalue weighted by Crippen LogP contribution is -2.27. The number of ether oxygens (including phenoxy) is 2. The maximum Gasteiger partial charge on any atom is 0.132 e. The Morgan fingerprint density at radius 2 is 2.09 bits per heavy atom. The third-order valence-electron chi connectivity index (χ3n) is 3.35. The summed E-state index contributed by atoms with van der Waals surface area (Å²) in [6.45, 7) is 4.42. The first kappa shape index (κ1) is 17.0. The molecule has 2 aromatic rings. The highest BCUT2D eigenvalue weighted by atomic mass is 16.5. The fourth-order valence-corrected chi connectivity index (χ4v) is 2.06. The van der Waals surface area contributed by atoms with E-state index in [2.05, 4.69) is 15.3 Å². The summed E-state index contributed by atoms with van der Waals surface area (Å²) in [4.78, 5) is 8.55. The number of hydrogen-bond acceptors (Lipinski definition) is 6. The Bertz CT molecular complexity index is 634. The maximum absolute atomic E-state index is 10.1. The molecule has 1 aromatic carbocycles. The van der Waals surface area contributed by atoms with Gasteiger partial charge in [-0.05, 0) is 25.5 Å². The van der Waals surface area contributed by atoms with Crippen molar-refractivity contribution in [1.29, 1.82) is 0 Å². The summed E-state index contributed by atoms with van der Waals surface area (Å²) in [7, 11) is 1.60. The van der Waals surface area contributed by atoms with Crippen molar-refractivity contribution in [3.63, 3.8) is 0 Å². The third kappa shape index (κ3) is 5.10. The van der Waals surface area contributed by atoms with E-state index in [1.807, 2.05) is 38.2 Å². The lowest BCUT2D eigenvalue weighted by molar-refractivity contribution is 0.117. The van der Waals surface area contributed by atoms with Crippen LogP contribution in [0.4, 0.5) is 5.82 Å². The summed E-state index contributed by atoms with van der Waals surface area (Å²) in [5.41, 5.74) is 1.02. The molecule has 0 aliphatic carbocycles. The van der Waals surface area contributed by atoms with Crippen LogP contribution in [0, 0.1) is 6.92 Å². The van der Waals surface area contributed by atoms with E-state index >= 15 is 0 Å². The number of benzene rings is 1. The summed E-state index contributed by atoms with van der Waals surface area (Å²) in [5.74, 6) is 2.85. The first-order chi connectivity index (χ1) is 11.1. The second kappa shape index (κ2) is 8.33. The molecule has 1 atom stereocenters. The number of nitrogens with zero attached hydrogens (tertiary/aromatic N) is 2. The molecule has 6 heteroatoms. The van der Waals surface area contributed by atoms with E-state index in [-0.39, 0.29) is 6.61 Å². The van der Waals surface area contributed by atoms with Crippen molar-refractivity contribution in [2.75, 3.05) is 25.6 Å². The smallest absolute Gasteiger partial charge is 0.132 e. The van der Waals surface area contributed by atoms with Crippen LogP contribution in [0.15, 0.2) is 30.5 Å². The van der Waals surface area contributed by atoms with Gasteiger partial charge in [-0.15, -0.1) is 0 Å². The SMILES string of the molecule is CCc1cnc(C)nc1NCC(O)COc1cccc(OC)c1. The van der Waals surface area contributed by atoms with Gasteiger partial charge in [-0.25, -0.2) is 9.97 Å². The van der Waals surface area contributed by atoms with Gasteiger partial charge in [0.25, 0.3) is 0 Å². The molecular weight excluding hydrogens is 294 g/mol. The van der Waals surface area contributed by atoms with Gasteiger partial charge in [0.05, 0.1) is 7.11 Å². The molecule has 23 heavy (non-hydrogen) atoms. The summed E-state index contributed by atoms with van der Waals surface area (Å²) in [6.07, 6.45) is 1.99. The fourth-order valence-electron chi connectivity index (χ4n) is 2.06. The molecule has 1 unspecified atom stereocenters. The number of nitrogens with one attached hydrogen (secondary N) is 1.